The van der Waals surface area contributed by atoms with E-state index < -0.39 is 0 Å². The second kappa shape index (κ2) is 5.89. The summed E-state index contributed by atoms with van der Waals surface area (Å²) in [4.78, 5) is 12.8. The summed E-state index contributed by atoms with van der Waals surface area (Å²) >= 11 is 0. The number of nitrogens with zero attached hydrogens (tertiary/aromatic N) is 1. The average molecular weight is 198 g/mol. The molecule has 2 amide bonds. The van der Waals surface area contributed by atoms with Gasteiger partial charge in [-0.2, -0.15) is 0 Å². The fourth-order valence-corrected chi connectivity index (χ4v) is 2.02. The van der Waals surface area contributed by atoms with E-state index in [9.17, 15) is 4.79 Å². The average Bonchev–Trinajstić information content (AvgIpc) is 2.19. The first-order valence-electron chi connectivity index (χ1n) is 5.65. The molecule has 0 aromatic heterocycles. The fraction of sp³-hybridized carbons (Fsp3) is 0.909. The van der Waals surface area contributed by atoms with Crippen LogP contribution in [0.15, 0.2) is 0 Å². The van der Waals surface area contributed by atoms with Gasteiger partial charge >= 0.3 is 6.03 Å². The molecule has 1 aliphatic rings. The van der Waals surface area contributed by atoms with Gasteiger partial charge in [0, 0.05) is 20.6 Å². The molecule has 1 fully saturated rings. The Hall–Kier alpha value is -0.730. The van der Waals surface area contributed by atoms with E-state index in [1.807, 2.05) is 0 Å². The molecule has 1 aliphatic carbocycles. The third-order valence-electron chi connectivity index (χ3n) is 2.96. The molecule has 1 N–H and O–H groups in total. The van der Waals surface area contributed by atoms with E-state index in [4.69, 9.17) is 0 Å². The third kappa shape index (κ3) is 3.99. The SMILES string of the molecule is CN(C)C(=O)NCCC1CCCCC1. The molecule has 82 valence electrons. The molecule has 0 unspecified atom stereocenters. The van der Waals surface area contributed by atoms with Crippen molar-refractivity contribution < 1.29 is 4.79 Å². The third-order valence-corrected chi connectivity index (χ3v) is 2.96. The van der Waals surface area contributed by atoms with Crippen molar-refractivity contribution in [3.05, 3.63) is 0 Å². The van der Waals surface area contributed by atoms with Crippen molar-refractivity contribution in [1.29, 1.82) is 0 Å². The molecule has 3 nitrogen and oxygen atoms in total. The van der Waals surface area contributed by atoms with Crippen LogP contribution in [0.3, 0.4) is 0 Å². The van der Waals surface area contributed by atoms with E-state index >= 15 is 0 Å². The Labute approximate surface area is 86.9 Å². The normalized spacial score (nSPS) is 17.9. The second-order valence-electron chi connectivity index (χ2n) is 4.42. The van der Waals surface area contributed by atoms with Gasteiger partial charge in [0.1, 0.15) is 0 Å². The minimum absolute atomic E-state index is 0.0285. The minimum atomic E-state index is 0.0285. The molecule has 0 radical (unpaired) electrons. The Morgan fingerprint density at radius 1 is 1.29 bits per heavy atom. The van der Waals surface area contributed by atoms with E-state index in [0.29, 0.717) is 0 Å². The zero-order valence-electron chi connectivity index (χ0n) is 9.38. The predicted molar refractivity (Wildman–Crippen MR) is 58.3 cm³/mol. The largest absolute Gasteiger partial charge is 0.338 e. The highest BCUT2D eigenvalue weighted by Crippen LogP contribution is 2.25. The maximum atomic E-state index is 11.2. The Kier molecular flexibility index (Phi) is 4.77. The van der Waals surface area contributed by atoms with Gasteiger partial charge < -0.3 is 10.2 Å². The highest BCUT2D eigenvalue weighted by Gasteiger charge is 2.13. The summed E-state index contributed by atoms with van der Waals surface area (Å²) in [5.41, 5.74) is 0. The van der Waals surface area contributed by atoms with Gasteiger partial charge in [0.25, 0.3) is 0 Å². The van der Waals surface area contributed by atoms with Crippen LogP contribution in [-0.2, 0) is 0 Å². The summed E-state index contributed by atoms with van der Waals surface area (Å²) in [5.74, 6) is 0.853. The van der Waals surface area contributed by atoms with Crippen molar-refractivity contribution in [3.63, 3.8) is 0 Å². The molecule has 0 saturated heterocycles. The highest BCUT2D eigenvalue weighted by atomic mass is 16.2. The van der Waals surface area contributed by atoms with Crippen molar-refractivity contribution in [2.45, 2.75) is 38.5 Å². The first-order valence-corrected chi connectivity index (χ1v) is 5.65. The van der Waals surface area contributed by atoms with E-state index in [2.05, 4.69) is 5.32 Å². The number of hydrogen-bond acceptors (Lipinski definition) is 1. The number of carbonyl (C=O) groups is 1. The van der Waals surface area contributed by atoms with Crippen molar-refractivity contribution in [2.24, 2.45) is 5.92 Å². The summed E-state index contributed by atoms with van der Waals surface area (Å²) in [6, 6.07) is 0.0285. The molecule has 0 heterocycles. The number of urea groups is 1. The van der Waals surface area contributed by atoms with Gasteiger partial charge in [-0.1, -0.05) is 32.1 Å². The molecule has 0 atom stereocenters. The van der Waals surface area contributed by atoms with Gasteiger partial charge in [-0.25, -0.2) is 4.79 Å². The molecule has 0 aliphatic heterocycles. The van der Waals surface area contributed by atoms with Crippen LogP contribution < -0.4 is 5.32 Å². The second-order valence-corrected chi connectivity index (χ2v) is 4.42. The number of rotatable bonds is 3. The number of nitrogens with one attached hydrogen (secondary N) is 1. The van der Waals surface area contributed by atoms with Crippen LogP contribution in [0.4, 0.5) is 4.79 Å². The maximum absolute atomic E-state index is 11.2. The van der Waals surface area contributed by atoms with E-state index in [1.54, 1.807) is 19.0 Å². The minimum Gasteiger partial charge on any atom is -0.338 e. The van der Waals surface area contributed by atoms with Gasteiger partial charge in [-0.3, -0.25) is 0 Å². The molecule has 0 aromatic carbocycles. The lowest BCUT2D eigenvalue weighted by Gasteiger charge is -2.21. The summed E-state index contributed by atoms with van der Waals surface area (Å²) in [6.07, 6.45) is 8.04. The lowest BCUT2D eigenvalue weighted by molar-refractivity contribution is 0.215. The Morgan fingerprint density at radius 3 is 2.50 bits per heavy atom. The topological polar surface area (TPSA) is 32.3 Å². The molecular formula is C11H22N2O. The monoisotopic (exact) mass is 198 g/mol. The van der Waals surface area contributed by atoms with E-state index in [0.717, 1.165) is 18.9 Å². The standard InChI is InChI=1S/C11H22N2O/c1-13(2)11(14)12-9-8-10-6-4-3-5-7-10/h10H,3-9H2,1-2H3,(H,12,14). The predicted octanol–water partition coefficient (Wildman–Crippen LogP) is 2.23. The van der Waals surface area contributed by atoms with E-state index in [1.165, 1.54) is 32.1 Å². The van der Waals surface area contributed by atoms with Crippen molar-refractivity contribution >= 4 is 6.03 Å². The quantitative estimate of drug-likeness (QED) is 0.741. The Balaban J connectivity index is 2.05. The van der Waals surface area contributed by atoms with Crippen LogP contribution in [0, 0.1) is 5.92 Å². The van der Waals surface area contributed by atoms with Crippen LogP contribution >= 0.6 is 0 Å². The zero-order valence-corrected chi connectivity index (χ0v) is 9.38. The van der Waals surface area contributed by atoms with Crippen molar-refractivity contribution in [1.82, 2.24) is 10.2 Å². The van der Waals surface area contributed by atoms with Crippen LogP contribution in [0.5, 0.6) is 0 Å². The summed E-state index contributed by atoms with van der Waals surface area (Å²) in [6.45, 7) is 0.835. The summed E-state index contributed by atoms with van der Waals surface area (Å²) < 4.78 is 0. The molecule has 0 bridgehead atoms. The molecule has 1 rings (SSSR count). The van der Waals surface area contributed by atoms with Gasteiger partial charge in [0.2, 0.25) is 0 Å². The summed E-state index contributed by atoms with van der Waals surface area (Å²) in [5, 5.41) is 2.92. The molecule has 0 spiro atoms. The van der Waals surface area contributed by atoms with Crippen LogP contribution in [0.1, 0.15) is 38.5 Å². The van der Waals surface area contributed by atoms with Crippen molar-refractivity contribution in [2.75, 3.05) is 20.6 Å². The van der Waals surface area contributed by atoms with Crippen LogP contribution in [-0.4, -0.2) is 31.6 Å². The smallest absolute Gasteiger partial charge is 0.316 e. The lowest BCUT2D eigenvalue weighted by Crippen LogP contribution is -2.35. The van der Waals surface area contributed by atoms with Gasteiger partial charge in [0.15, 0.2) is 0 Å². The molecular weight excluding hydrogens is 176 g/mol. The summed E-state index contributed by atoms with van der Waals surface area (Å²) in [7, 11) is 3.55. The van der Waals surface area contributed by atoms with Gasteiger partial charge in [-0.15, -0.1) is 0 Å². The molecule has 1 saturated carbocycles. The lowest BCUT2D eigenvalue weighted by atomic mass is 9.87. The Bertz CT molecular complexity index is 174. The maximum Gasteiger partial charge on any atom is 0.316 e. The first kappa shape index (κ1) is 11.3. The van der Waals surface area contributed by atoms with Crippen LogP contribution in [0.25, 0.3) is 0 Å². The fourth-order valence-electron chi connectivity index (χ4n) is 2.02. The van der Waals surface area contributed by atoms with E-state index in [-0.39, 0.29) is 6.03 Å². The molecule has 0 aromatic rings. The number of hydrogen-bond donors (Lipinski definition) is 1. The highest BCUT2D eigenvalue weighted by molar-refractivity contribution is 5.73. The van der Waals surface area contributed by atoms with Gasteiger partial charge in [-0.05, 0) is 12.3 Å². The zero-order chi connectivity index (χ0) is 10.4. The number of amides is 2. The van der Waals surface area contributed by atoms with Gasteiger partial charge in [0.05, 0.1) is 0 Å². The van der Waals surface area contributed by atoms with Crippen LogP contribution in [0.2, 0.25) is 0 Å². The Morgan fingerprint density at radius 2 is 1.93 bits per heavy atom. The van der Waals surface area contributed by atoms with Crippen molar-refractivity contribution in [3.8, 4) is 0 Å². The molecule has 14 heavy (non-hydrogen) atoms. The number of carbonyl (C=O) groups excluding carboxylic acids is 1. The molecule has 3 heteroatoms. The first-order chi connectivity index (χ1) is 6.70.